The van der Waals surface area contributed by atoms with Gasteiger partial charge in [0.1, 0.15) is 5.75 Å². The summed E-state index contributed by atoms with van der Waals surface area (Å²) in [6, 6.07) is 5.41. The Bertz CT molecular complexity index is 476. The Morgan fingerprint density at radius 2 is 2.16 bits per heavy atom. The van der Waals surface area contributed by atoms with Gasteiger partial charge in [-0.15, -0.1) is 0 Å². The number of carbonyl (C=O) groups excluding carboxylic acids is 1. The second kappa shape index (κ2) is 5.48. The van der Waals surface area contributed by atoms with Crippen molar-refractivity contribution in [3.05, 3.63) is 23.8 Å². The normalized spacial score (nSPS) is 20.4. The summed E-state index contributed by atoms with van der Waals surface area (Å²) in [7, 11) is 3.64. The number of hydrogen-bond donors (Lipinski definition) is 1. The Balaban J connectivity index is 2.17. The van der Waals surface area contributed by atoms with Crippen LogP contribution in [0.3, 0.4) is 0 Å². The van der Waals surface area contributed by atoms with E-state index in [0.717, 1.165) is 19.6 Å². The highest BCUT2D eigenvalue weighted by Crippen LogP contribution is 2.23. The van der Waals surface area contributed by atoms with Gasteiger partial charge in [0.2, 0.25) is 0 Å². The molecule has 0 saturated carbocycles. The number of ether oxygens (including phenoxy) is 1. The minimum atomic E-state index is 0.0370. The summed E-state index contributed by atoms with van der Waals surface area (Å²) in [5.41, 5.74) is 6.97. The van der Waals surface area contributed by atoms with Crippen molar-refractivity contribution in [3.63, 3.8) is 0 Å². The van der Waals surface area contributed by atoms with Crippen molar-refractivity contribution >= 4 is 11.6 Å². The molecule has 2 rings (SSSR count). The van der Waals surface area contributed by atoms with Gasteiger partial charge in [-0.05, 0) is 32.2 Å². The van der Waals surface area contributed by atoms with Crippen LogP contribution in [0.2, 0.25) is 0 Å². The number of nitrogen functional groups attached to an aromatic ring is 1. The van der Waals surface area contributed by atoms with E-state index >= 15 is 0 Å². The first-order chi connectivity index (χ1) is 9.02. The zero-order valence-electron chi connectivity index (χ0n) is 11.7. The molecule has 1 aromatic carbocycles. The number of methoxy groups -OCH3 is 1. The first-order valence-electron chi connectivity index (χ1n) is 6.46. The molecule has 1 aliphatic heterocycles. The van der Waals surface area contributed by atoms with E-state index < -0.39 is 0 Å². The molecule has 19 heavy (non-hydrogen) atoms. The Hall–Kier alpha value is -1.75. The number of rotatable bonds is 2. The maximum Gasteiger partial charge on any atom is 0.254 e. The number of piperazine rings is 1. The van der Waals surface area contributed by atoms with Gasteiger partial charge in [0.25, 0.3) is 5.91 Å². The third-order valence-corrected chi connectivity index (χ3v) is 3.57. The van der Waals surface area contributed by atoms with Crippen LogP contribution in [0.15, 0.2) is 18.2 Å². The van der Waals surface area contributed by atoms with Crippen molar-refractivity contribution in [2.24, 2.45) is 0 Å². The zero-order valence-corrected chi connectivity index (χ0v) is 11.7. The van der Waals surface area contributed by atoms with Gasteiger partial charge in [-0.3, -0.25) is 4.79 Å². The van der Waals surface area contributed by atoms with E-state index in [0.29, 0.717) is 17.0 Å². The minimum absolute atomic E-state index is 0.0370. The van der Waals surface area contributed by atoms with Crippen LogP contribution in [0, 0.1) is 0 Å². The number of amides is 1. The third kappa shape index (κ3) is 2.81. The smallest absolute Gasteiger partial charge is 0.254 e. The zero-order chi connectivity index (χ0) is 14.0. The molecule has 1 aromatic rings. The van der Waals surface area contributed by atoms with Crippen molar-refractivity contribution in [1.29, 1.82) is 0 Å². The predicted octanol–water partition coefficient (Wildman–Crippen LogP) is 1.05. The fourth-order valence-electron chi connectivity index (χ4n) is 2.47. The number of hydrogen-bond acceptors (Lipinski definition) is 4. The van der Waals surface area contributed by atoms with Crippen molar-refractivity contribution < 1.29 is 9.53 Å². The molecule has 0 spiro atoms. The predicted molar refractivity (Wildman–Crippen MR) is 75.4 cm³/mol. The summed E-state index contributed by atoms with van der Waals surface area (Å²) in [6.45, 7) is 4.63. The molecular formula is C14H21N3O2. The van der Waals surface area contributed by atoms with Gasteiger partial charge >= 0.3 is 0 Å². The van der Waals surface area contributed by atoms with Crippen LogP contribution < -0.4 is 10.5 Å². The second-order valence-corrected chi connectivity index (χ2v) is 5.07. The molecule has 104 valence electrons. The van der Waals surface area contributed by atoms with Crippen molar-refractivity contribution in [2.45, 2.75) is 13.0 Å². The summed E-state index contributed by atoms with van der Waals surface area (Å²) in [6.07, 6.45) is 0. The molecule has 2 N–H and O–H groups in total. The number of nitrogens with zero attached hydrogens (tertiary/aromatic N) is 2. The summed E-state index contributed by atoms with van der Waals surface area (Å²) in [5.74, 6) is 0.637. The maximum atomic E-state index is 12.5. The SMILES string of the molecule is COc1ccc(C(=O)N2CCN(C)CC2C)cc1N. The molecule has 1 fully saturated rings. The molecule has 1 saturated heterocycles. The summed E-state index contributed by atoms with van der Waals surface area (Å²) in [4.78, 5) is 16.6. The van der Waals surface area contributed by atoms with Crippen LogP contribution >= 0.6 is 0 Å². The van der Waals surface area contributed by atoms with Gasteiger partial charge in [0.15, 0.2) is 0 Å². The van der Waals surface area contributed by atoms with Gasteiger partial charge in [0, 0.05) is 31.2 Å². The Morgan fingerprint density at radius 1 is 1.42 bits per heavy atom. The van der Waals surface area contributed by atoms with Crippen molar-refractivity contribution in [2.75, 3.05) is 39.5 Å². The van der Waals surface area contributed by atoms with Crippen LogP contribution in [0.1, 0.15) is 17.3 Å². The summed E-state index contributed by atoms with van der Waals surface area (Å²) < 4.78 is 5.10. The van der Waals surface area contributed by atoms with Crippen LogP contribution in [0.25, 0.3) is 0 Å². The van der Waals surface area contributed by atoms with Gasteiger partial charge in [-0.1, -0.05) is 0 Å². The van der Waals surface area contributed by atoms with Gasteiger partial charge in [-0.25, -0.2) is 0 Å². The third-order valence-electron chi connectivity index (χ3n) is 3.57. The highest BCUT2D eigenvalue weighted by atomic mass is 16.5. The number of likely N-dealkylation sites (N-methyl/N-ethyl adjacent to an activating group) is 1. The Labute approximate surface area is 113 Å². The lowest BCUT2D eigenvalue weighted by molar-refractivity contribution is 0.0533. The molecule has 1 atom stereocenters. The summed E-state index contributed by atoms with van der Waals surface area (Å²) in [5, 5.41) is 0. The molecule has 1 aliphatic rings. The van der Waals surface area contributed by atoms with E-state index in [1.165, 1.54) is 0 Å². The number of anilines is 1. The highest BCUT2D eigenvalue weighted by molar-refractivity contribution is 5.95. The molecule has 0 aromatic heterocycles. The van der Waals surface area contributed by atoms with E-state index in [1.807, 2.05) is 4.90 Å². The molecule has 1 unspecified atom stereocenters. The van der Waals surface area contributed by atoms with Crippen molar-refractivity contribution in [3.8, 4) is 5.75 Å². The van der Waals surface area contributed by atoms with Crippen LogP contribution in [0.5, 0.6) is 5.75 Å². The van der Waals surface area contributed by atoms with Crippen LogP contribution in [-0.4, -0.2) is 55.5 Å². The van der Waals surface area contributed by atoms with Crippen molar-refractivity contribution in [1.82, 2.24) is 9.80 Å². The quantitative estimate of drug-likeness (QED) is 0.810. The average Bonchev–Trinajstić information content (AvgIpc) is 2.38. The highest BCUT2D eigenvalue weighted by Gasteiger charge is 2.26. The first kappa shape index (κ1) is 13.7. The lowest BCUT2D eigenvalue weighted by Crippen LogP contribution is -2.52. The topological polar surface area (TPSA) is 58.8 Å². The fraction of sp³-hybridized carbons (Fsp3) is 0.500. The average molecular weight is 263 g/mol. The molecule has 5 nitrogen and oxygen atoms in total. The van der Waals surface area contributed by atoms with Crippen LogP contribution in [-0.2, 0) is 0 Å². The van der Waals surface area contributed by atoms with E-state index in [-0.39, 0.29) is 11.9 Å². The number of nitrogens with two attached hydrogens (primary N) is 1. The van der Waals surface area contributed by atoms with E-state index in [1.54, 1.807) is 25.3 Å². The Morgan fingerprint density at radius 3 is 2.74 bits per heavy atom. The van der Waals surface area contributed by atoms with Crippen LogP contribution in [0.4, 0.5) is 5.69 Å². The monoisotopic (exact) mass is 263 g/mol. The lowest BCUT2D eigenvalue weighted by atomic mass is 10.1. The molecule has 0 aliphatic carbocycles. The molecule has 1 heterocycles. The van der Waals surface area contributed by atoms with E-state index in [9.17, 15) is 4.79 Å². The molecule has 1 amide bonds. The fourth-order valence-corrected chi connectivity index (χ4v) is 2.47. The van der Waals surface area contributed by atoms with E-state index in [4.69, 9.17) is 10.5 Å². The second-order valence-electron chi connectivity index (χ2n) is 5.07. The molecular weight excluding hydrogens is 242 g/mol. The summed E-state index contributed by atoms with van der Waals surface area (Å²) >= 11 is 0. The standard InChI is InChI=1S/C14H21N3O2/c1-10-9-16(2)6-7-17(10)14(18)11-4-5-13(19-3)12(15)8-11/h4-5,8,10H,6-7,9,15H2,1-3H3. The lowest BCUT2D eigenvalue weighted by Gasteiger charge is -2.38. The van der Waals surface area contributed by atoms with Gasteiger partial charge in [-0.2, -0.15) is 0 Å². The molecule has 0 radical (unpaired) electrons. The van der Waals surface area contributed by atoms with E-state index in [2.05, 4.69) is 18.9 Å². The minimum Gasteiger partial charge on any atom is -0.495 e. The van der Waals surface area contributed by atoms with Gasteiger partial charge < -0.3 is 20.3 Å². The maximum absolute atomic E-state index is 12.5. The largest absolute Gasteiger partial charge is 0.495 e. The first-order valence-corrected chi connectivity index (χ1v) is 6.46. The number of benzene rings is 1. The van der Waals surface area contributed by atoms with Gasteiger partial charge in [0.05, 0.1) is 12.8 Å². The Kier molecular flexibility index (Phi) is 3.95. The number of carbonyl (C=O) groups is 1. The molecule has 0 bridgehead atoms. The molecule has 5 heteroatoms.